The highest BCUT2D eigenvalue weighted by atomic mass is 35.5. The molecule has 0 spiro atoms. The molecule has 0 bridgehead atoms. The highest BCUT2D eigenvalue weighted by molar-refractivity contribution is 7.80. The molecule has 3 nitrogen and oxygen atoms in total. The Morgan fingerprint density at radius 1 is 0.875 bits per heavy atom. The lowest BCUT2D eigenvalue weighted by atomic mass is 10.0. The Kier molecular flexibility index (Phi) is 4.54. The second-order valence-corrected chi connectivity index (χ2v) is 7.41. The van der Waals surface area contributed by atoms with Crippen molar-refractivity contribution in [3.8, 4) is 0 Å². The molecule has 0 radical (unpaired) electrons. The molecule has 3 atom stereocenters. The summed E-state index contributed by atoms with van der Waals surface area (Å²) in [5, 5.41) is 1.42. The summed E-state index contributed by atoms with van der Waals surface area (Å²) in [6.07, 6.45) is -0.366. The number of hydrogen-bond donors (Lipinski definition) is 1. The van der Waals surface area contributed by atoms with Gasteiger partial charge in [0.1, 0.15) is 12.5 Å². The summed E-state index contributed by atoms with van der Waals surface area (Å²) in [6.45, 7) is 1.18. The van der Waals surface area contributed by atoms with E-state index in [0.29, 0.717) is 29.0 Å². The lowest BCUT2D eigenvalue weighted by molar-refractivity contribution is -0.0615. The third-order valence-electron chi connectivity index (χ3n) is 4.68. The maximum Gasteiger partial charge on any atom is 0.139 e. The monoisotopic (exact) mass is 381 g/mol. The number of ether oxygens (including phenoxy) is 2. The number of rotatable bonds is 3. The SMILES string of the molecule is SCC12CO[C@H](c3ccc(Cl)cc3)N1[C@H](c1ccc(Cl)cc1)OC2. The summed E-state index contributed by atoms with van der Waals surface area (Å²) in [7, 11) is 0. The number of fused-ring (bicyclic) bond motifs is 1. The van der Waals surface area contributed by atoms with Gasteiger partial charge < -0.3 is 9.47 Å². The van der Waals surface area contributed by atoms with E-state index < -0.39 is 0 Å². The molecule has 0 amide bonds. The molecule has 0 N–H and O–H groups in total. The van der Waals surface area contributed by atoms with Crippen LogP contribution in [0.25, 0.3) is 0 Å². The minimum Gasteiger partial charge on any atom is -0.357 e. The van der Waals surface area contributed by atoms with Crippen LogP contribution in [0.3, 0.4) is 0 Å². The van der Waals surface area contributed by atoms with E-state index in [-0.39, 0.29) is 18.0 Å². The molecule has 2 fully saturated rings. The van der Waals surface area contributed by atoms with Crippen molar-refractivity contribution in [2.24, 2.45) is 0 Å². The van der Waals surface area contributed by atoms with Gasteiger partial charge in [-0.25, -0.2) is 4.90 Å². The lowest BCUT2D eigenvalue weighted by Crippen LogP contribution is -2.46. The highest BCUT2D eigenvalue weighted by Crippen LogP contribution is 2.49. The van der Waals surface area contributed by atoms with Crippen LogP contribution >= 0.6 is 35.8 Å². The Morgan fingerprint density at radius 3 is 1.67 bits per heavy atom. The highest BCUT2D eigenvalue weighted by Gasteiger charge is 2.55. The standard InChI is InChI=1S/C18H17Cl2NO2S/c19-14-5-1-12(2-6-14)16-21-17(13-3-7-15(20)8-4-13)23-10-18(21,11-24)9-22-16/h1-8,16-17,24H,9-11H2/t16-,17+,18?. The fourth-order valence-electron chi connectivity index (χ4n) is 3.38. The number of benzene rings is 2. The van der Waals surface area contributed by atoms with Crippen LogP contribution in [0.2, 0.25) is 10.0 Å². The predicted molar refractivity (Wildman–Crippen MR) is 98.7 cm³/mol. The van der Waals surface area contributed by atoms with Crippen LogP contribution in [0.5, 0.6) is 0 Å². The van der Waals surface area contributed by atoms with Gasteiger partial charge in [-0.1, -0.05) is 47.5 Å². The Morgan fingerprint density at radius 2 is 1.29 bits per heavy atom. The molecular weight excluding hydrogens is 365 g/mol. The summed E-state index contributed by atoms with van der Waals surface area (Å²) in [5.74, 6) is 0.668. The van der Waals surface area contributed by atoms with Crippen molar-refractivity contribution in [1.29, 1.82) is 0 Å². The number of nitrogens with zero attached hydrogens (tertiary/aromatic N) is 1. The van der Waals surface area contributed by atoms with Crippen molar-refractivity contribution in [1.82, 2.24) is 4.90 Å². The second kappa shape index (κ2) is 6.52. The quantitative estimate of drug-likeness (QED) is 0.777. The average molecular weight is 382 g/mol. The van der Waals surface area contributed by atoms with Gasteiger partial charge in [0.05, 0.1) is 18.8 Å². The van der Waals surface area contributed by atoms with Crippen molar-refractivity contribution in [3.63, 3.8) is 0 Å². The van der Waals surface area contributed by atoms with Crippen LogP contribution in [0.4, 0.5) is 0 Å². The smallest absolute Gasteiger partial charge is 0.139 e. The van der Waals surface area contributed by atoms with E-state index in [4.69, 9.17) is 32.7 Å². The third-order valence-corrected chi connectivity index (χ3v) is 5.77. The molecule has 24 heavy (non-hydrogen) atoms. The molecule has 2 aliphatic rings. The zero-order chi connectivity index (χ0) is 16.7. The molecule has 2 aliphatic heterocycles. The van der Waals surface area contributed by atoms with E-state index >= 15 is 0 Å². The van der Waals surface area contributed by atoms with Crippen LogP contribution in [0.15, 0.2) is 48.5 Å². The molecule has 0 aromatic heterocycles. The summed E-state index contributed by atoms with van der Waals surface area (Å²) < 4.78 is 12.3. The van der Waals surface area contributed by atoms with Crippen molar-refractivity contribution in [3.05, 3.63) is 69.7 Å². The van der Waals surface area contributed by atoms with E-state index in [2.05, 4.69) is 17.5 Å². The van der Waals surface area contributed by atoms with Gasteiger partial charge >= 0.3 is 0 Å². The van der Waals surface area contributed by atoms with E-state index in [1.807, 2.05) is 48.5 Å². The number of thiol groups is 1. The van der Waals surface area contributed by atoms with E-state index in [1.165, 1.54) is 0 Å². The Labute approximate surface area is 156 Å². The van der Waals surface area contributed by atoms with Gasteiger partial charge in [0.2, 0.25) is 0 Å². The maximum absolute atomic E-state index is 6.14. The molecule has 2 aromatic carbocycles. The minimum absolute atomic E-state index is 0.183. The zero-order valence-corrected chi connectivity index (χ0v) is 15.3. The molecule has 6 heteroatoms. The van der Waals surface area contributed by atoms with Crippen LogP contribution in [-0.4, -0.2) is 29.4 Å². The Hall–Kier alpha value is -0.750. The summed E-state index contributed by atoms with van der Waals surface area (Å²) in [6, 6.07) is 15.5. The first kappa shape index (κ1) is 16.7. The van der Waals surface area contributed by atoms with E-state index in [1.54, 1.807) is 0 Å². The van der Waals surface area contributed by atoms with Crippen LogP contribution < -0.4 is 0 Å². The minimum atomic E-state index is -0.224. The lowest BCUT2D eigenvalue weighted by Gasteiger charge is -2.33. The van der Waals surface area contributed by atoms with Crippen molar-refractivity contribution in [2.45, 2.75) is 18.0 Å². The van der Waals surface area contributed by atoms with E-state index in [0.717, 1.165) is 11.1 Å². The molecule has 2 heterocycles. The molecule has 126 valence electrons. The fraction of sp³-hybridized carbons (Fsp3) is 0.333. The maximum atomic E-state index is 6.14. The molecule has 2 saturated heterocycles. The first-order valence-corrected chi connectivity index (χ1v) is 9.15. The van der Waals surface area contributed by atoms with Gasteiger partial charge in [0.25, 0.3) is 0 Å². The van der Waals surface area contributed by atoms with E-state index in [9.17, 15) is 0 Å². The second-order valence-electron chi connectivity index (χ2n) is 6.22. The van der Waals surface area contributed by atoms with Gasteiger partial charge in [-0.2, -0.15) is 12.6 Å². The average Bonchev–Trinajstić information content (AvgIpc) is 3.14. The molecule has 2 aromatic rings. The van der Waals surface area contributed by atoms with Gasteiger partial charge in [-0.05, 0) is 35.4 Å². The van der Waals surface area contributed by atoms with Crippen LogP contribution in [0, 0.1) is 0 Å². The predicted octanol–water partition coefficient (Wildman–Crippen LogP) is 4.72. The first-order chi connectivity index (χ1) is 11.6. The van der Waals surface area contributed by atoms with Gasteiger partial charge in [0, 0.05) is 15.8 Å². The third kappa shape index (κ3) is 2.75. The zero-order valence-electron chi connectivity index (χ0n) is 12.9. The van der Waals surface area contributed by atoms with Gasteiger partial charge in [0.15, 0.2) is 0 Å². The van der Waals surface area contributed by atoms with Crippen molar-refractivity contribution in [2.75, 3.05) is 19.0 Å². The number of halogens is 2. The Balaban J connectivity index is 1.72. The summed E-state index contributed by atoms with van der Waals surface area (Å²) >= 11 is 16.6. The molecule has 0 saturated carbocycles. The summed E-state index contributed by atoms with van der Waals surface area (Å²) in [5.41, 5.74) is 1.90. The molecule has 0 aliphatic carbocycles. The fourth-order valence-corrected chi connectivity index (χ4v) is 3.98. The topological polar surface area (TPSA) is 21.7 Å². The summed E-state index contributed by atoms with van der Waals surface area (Å²) in [4.78, 5) is 2.28. The largest absolute Gasteiger partial charge is 0.357 e. The molecule has 4 rings (SSSR count). The van der Waals surface area contributed by atoms with Crippen molar-refractivity contribution < 1.29 is 9.47 Å². The molecule has 1 unspecified atom stereocenters. The number of hydrogen-bond acceptors (Lipinski definition) is 4. The normalized spacial score (nSPS) is 29.8. The molecular formula is C18H17Cl2NO2S. The first-order valence-electron chi connectivity index (χ1n) is 7.76. The van der Waals surface area contributed by atoms with Crippen LogP contribution in [-0.2, 0) is 9.47 Å². The Bertz CT molecular complexity index is 665. The van der Waals surface area contributed by atoms with Gasteiger partial charge in [-0.15, -0.1) is 0 Å². The van der Waals surface area contributed by atoms with Crippen LogP contribution in [0.1, 0.15) is 23.6 Å². The van der Waals surface area contributed by atoms with Gasteiger partial charge in [-0.3, -0.25) is 0 Å². The van der Waals surface area contributed by atoms with Crippen molar-refractivity contribution >= 4 is 35.8 Å².